The van der Waals surface area contributed by atoms with Crippen LogP contribution in [0, 0.1) is 0 Å². The van der Waals surface area contributed by atoms with Gasteiger partial charge >= 0.3 is 0 Å². The van der Waals surface area contributed by atoms with E-state index in [1.54, 1.807) is 0 Å². The summed E-state index contributed by atoms with van der Waals surface area (Å²) in [6, 6.07) is 11.5. The van der Waals surface area contributed by atoms with Crippen LogP contribution >= 0.6 is 0 Å². The largest absolute Gasteiger partial charge is 0.396 e. The van der Waals surface area contributed by atoms with Crippen molar-refractivity contribution in [2.24, 2.45) is 0 Å². The molecule has 0 atom stereocenters. The lowest BCUT2D eigenvalue weighted by molar-refractivity contribution is 0.190. The lowest BCUT2D eigenvalue weighted by Crippen LogP contribution is -2.42. The van der Waals surface area contributed by atoms with Crippen LogP contribution in [-0.2, 0) is 6.54 Å². The lowest BCUT2D eigenvalue weighted by atomic mass is 10.0. The zero-order valence-electron chi connectivity index (χ0n) is 13.1. The molecular weight excluding hydrogens is 260 g/mol. The molecule has 0 bridgehead atoms. The molecule has 0 spiro atoms. The van der Waals surface area contributed by atoms with Crippen molar-refractivity contribution in [2.75, 3.05) is 26.2 Å². The van der Waals surface area contributed by atoms with Crippen LogP contribution in [0.4, 0.5) is 0 Å². The Kier molecular flexibility index (Phi) is 7.79. The molecule has 2 rings (SSSR count). The molecule has 1 saturated heterocycles. The van der Waals surface area contributed by atoms with E-state index in [1.165, 1.54) is 44.3 Å². The van der Waals surface area contributed by atoms with Crippen molar-refractivity contribution in [1.29, 1.82) is 0 Å². The quantitative estimate of drug-likeness (QED) is 0.687. The van der Waals surface area contributed by atoms with Crippen LogP contribution < -0.4 is 5.32 Å². The number of nitrogens with one attached hydrogen (secondary N) is 1. The van der Waals surface area contributed by atoms with E-state index in [-0.39, 0.29) is 0 Å². The van der Waals surface area contributed by atoms with Gasteiger partial charge in [0.1, 0.15) is 0 Å². The maximum atomic E-state index is 8.74. The molecule has 21 heavy (non-hydrogen) atoms. The van der Waals surface area contributed by atoms with Gasteiger partial charge in [-0.05, 0) is 50.9 Å². The van der Waals surface area contributed by atoms with Crippen molar-refractivity contribution in [1.82, 2.24) is 10.2 Å². The van der Waals surface area contributed by atoms with Crippen molar-refractivity contribution in [2.45, 2.75) is 51.1 Å². The second-order valence-corrected chi connectivity index (χ2v) is 6.13. The van der Waals surface area contributed by atoms with Gasteiger partial charge in [0.05, 0.1) is 0 Å². The molecule has 1 fully saturated rings. The highest BCUT2D eigenvalue weighted by molar-refractivity contribution is 5.14. The van der Waals surface area contributed by atoms with Crippen LogP contribution in [0.5, 0.6) is 0 Å². The van der Waals surface area contributed by atoms with Crippen LogP contribution in [0.3, 0.4) is 0 Å². The third kappa shape index (κ3) is 6.60. The Balaban J connectivity index is 1.54. The summed E-state index contributed by atoms with van der Waals surface area (Å²) in [4.78, 5) is 2.56. The van der Waals surface area contributed by atoms with Crippen molar-refractivity contribution >= 4 is 0 Å². The van der Waals surface area contributed by atoms with Gasteiger partial charge in [-0.25, -0.2) is 0 Å². The Morgan fingerprint density at radius 1 is 1.00 bits per heavy atom. The molecule has 2 N–H and O–H groups in total. The van der Waals surface area contributed by atoms with E-state index < -0.39 is 0 Å². The number of piperidine rings is 1. The van der Waals surface area contributed by atoms with Gasteiger partial charge in [-0.2, -0.15) is 0 Å². The minimum Gasteiger partial charge on any atom is -0.396 e. The minimum atomic E-state index is 0.341. The van der Waals surface area contributed by atoms with E-state index in [9.17, 15) is 0 Å². The van der Waals surface area contributed by atoms with Gasteiger partial charge in [-0.3, -0.25) is 4.90 Å². The smallest absolute Gasteiger partial charge is 0.0431 e. The summed E-state index contributed by atoms with van der Waals surface area (Å²) >= 11 is 0. The zero-order chi connectivity index (χ0) is 14.8. The molecule has 0 unspecified atom stereocenters. The third-order valence-electron chi connectivity index (χ3n) is 4.35. The summed E-state index contributed by atoms with van der Waals surface area (Å²) in [6.07, 6.45) is 7.13. The third-order valence-corrected chi connectivity index (χ3v) is 4.35. The maximum absolute atomic E-state index is 8.74. The predicted octanol–water partition coefficient (Wildman–Crippen LogP) is 2.79. The van der Waals surface area contributed by atoms with Gasteiger partial charge < -0.3 is 10.4 Å². The van der Waals surface area contributed by atoms with Crippen LogP contribution in [0.1, 0.15) is 44.1 Å². The molecule has 0 saturated carbocycles. The topological polar surface area (TPSA) is 35.5 Å². The Morgan fingerprint density at radius 2 is 1.71 bits per heavy atom. The number of aliphatic hydroxyl groups excluding tert-OH is 1. The minimum absolute atomic E-state index is 0.341. The number of hydrogen-bond acceptors (Lipinski definition) is 3. The number of benzene rings is 1. The van der Waals surface area contributed by atoms with E-state index in [0.29, 0.717) is 12.6 Å². The first kappa shape index (κ1) is 16.5. The fourth-order valence-electron chi connectivity index (χ4n) is 3.03. The van der Waals surface area contributed by atoms with Crippen molar-refractivity contribution in [3.8, 4) is 0 Å². The number of likely N-dealkylation sites (tertiary alicyclic amines) is 1. The summed E-state index contributed by atoms with van der Waals surface area (Å²) in [5, 5.41) is 12.4. The summed E-state index contributed by atoms with van der Waals surface area (Å²) in [5.41, 5.74) is 1.42. The van der Waals surface area contributed by atoms with Gasteiger partial charge in [0, 0.05) is 19.2 Å². The van der Waals surface area contributed by atoms with Gasteiger partial charge in [0.25, 0.3) is 0 Å². The molecule has 1 aromatic carbocycles. The van der Waals surface area contributed by atoms with Crippen molar-refractivity contribution < 1.29 is 5.11 Å². The average molecular weight is 290 g/mol. The molecule has 0 aromatic heterocycles. The van der Waals surface area contributed by atoms with Gasteiger partial charge in [-0.1, -0.05) is 43.2 Å². The number of unbranched alkanes of at least 4 members (excludes halogenated alkanes) is 3. The van der Waals surface area contributed by atoms with E-state index in [1.807, 2.05) is 0 Å². The SMILES string of the molecule is OCCCCCCNC1CCN(Cc2ccccc2)CC1. The monoisotopic (exact) mass is 290 g/mol. The van der Waals surface area contributed by atoms with Crippen molar-refractivity contribution in [3.05, 3.63) is 35.9 Å². The van der Waals surface area contributed by atoms with Crippen molar-refractivity contribution in [3.63, 3.8) is 0 Å². The van der Waals surface area contributed by atoms with Crippen LogP contribution in [0.15, 0.2) is 30.3 Å². The first-order chi connectivity index (χ1) is 10.4. The first-order valence-corrected chi connectivity index (χ1v) is 8.49. The molecule has 0 amide bonds. The lowest BCUT2D eigenvalue weighted by Gasteiger charge is -2.32. The molecule has 0 radical (unpaired) electrons. The summed E-state index contributed by atoms with van der Waals surface area (Å²) in [6.45, 7) is 4.98. The van der Waals surface area contributed by atoms with E-state index in [2.05, 4.69) is 40.5 Å². The van der Waals surface area contributed by atoms with E-state index in [4.69, 9.17) is 5.11 Å². The molecular formula is C18H30N2O. The van der Waals surface area contributed by atoms with Gasteiger partial charge in [0.2, 0.25) is 0 Å². The number of aliphatic hydroxyl groups is 1. The molecule has 3 nitrogen and oxygen atoms in total. The van der Waals surface area contributed by atoms with Gasteiger partial charge in [-0.15, -0.1) is 0 Å². The standard InChI is InChI=1S/C18H30N2O/c21-15-7-2-1-6-12-19-18-10-13-20(14-11-18)16-17-8-4-3-5-9-17/h3-5,8-9,18-19,21H,1-2,6-7,10-16H2. The summed E-state index contributed by atoms with van der Waals surface area (Å²) in [7, 11) is 0. The summed E-state index contributed by atoms with van der Waals surface area (Å²) in [5.74, 6) is 0. The highest BCUT2D eigenvalue weighted by Crippen LogP contribution is 2.14. The number of nitrogens with zero attached hydrogens (tertiary/aromatic N) is 1. The highest BCUT2D eigenvalue weighted by atomic mass is 16.2. The van der Waals surface area contributed by atoms with E-state index >= 15 is 0 Å². The zero-order valence-corrected chi connectivity index (χ0v) is 13.1. The second-order valence-electron chi connectivity index (χ2n) is 6.13. The maximum Gasteiger partial charge on any atom is 0.0431 e. The van der Waals surface area contributed by atoms with Crippen LogP contribution in [0.2, 0.25) is 0 Å². The average Bonchev–Trinajstić information content (AvgIpc) is 2.53. The Labute approximate surface area is 129 Å². The molecule has 0 aliphatic carbocycles. The predicted molar refractivity (Wildman–Crippen MR) is 88.3 cm³/mol. The van der Waals surface area contributed by atoms with Gasteiger partial charge in [0.15, 0.2) is 0 Å². The number of rotatable bonds is 9. The fourth-order valence-corrected chi connectivity index (χ4v) is 3.03. The molecule has 1 aromatic rings. The molecule has 1 aliphatic rings. The van der Waals surface area contributed by atoms with Crippen LogP contribution in [0.25, 0.3) is 0 Å². The molecule has 1 aliphatic heterocycles. The van der Waals surface area contributed by atoms with Crippen LogP contribution in [-0.4, -0.2) is 42.3 Å². The normalized spacial score (nSPS) is 17.2. The first-order valence-electron chi connectivity index (χ1n) is 8.49. The molecule has 118 valence electrons. The number of hydrogen-bond donors (Lipinski definition) is 2. The summed E-state index contributed by atoms with van der Waals surface area (Å²) < 4.78 is 0. The Bertz CT molecular complexity index is 361. The second kappa shape index (κ2) is 9.93. The molecule has 1 heterocycles. The van der Waals surface area contributed by atoms with E-state index in [0.717, 1.165) is 25.9 Å². The molecule has 3 heteroatoms. The fraction of sp³-hybridized carbons (Fsp3) is 0.667. The Morgan fingerprint density at radius 3 is 2.43 bits per heavy atom. The Hall–Kier alpha value is -0.900. The highest BCUT2D eigenvalue weighted by Gasteiger charge is 2.18.